The Morgan fingerprint density at radius 3 is 1.60 bits per heavy atom. The first kappa shape index (κ1) is 43.4. The average molecular weight is 665 g/mol. The molecule has 1 atom stereocenters. The fraction of sp³-hybridized carbons (Fsp3) is 0.682. The molecule has 0 N–H and O–H groups in total. The van der Waals surface area contributed by atoms with E-state index in [9.17, 15) is 9.59 Å². The van der Waals surface area contributed by atoms with E-state index in [1.165, 1.54) is 88.4 Å². The number of carbonyl (C=O) groups is 2. The molecule has 4 nitrogen and oxygen atoms in total. The van der Waals surface area contributed by atoms with Gasteiger partial charge in [-0.15, -0.1) is 0 Å². The van der Waals surface area contributed by atoms with E-state index in [0.29, 0.717) is 17.4 Å². The van der Waals surface area contributed by atoms with Crippen LogP contribution in [0.3, 0.4) is 0 Å². The second-order valence-electron chi connectivity index (χ2n) is 16.1. The number of rotatable bonds is 16. The van der Waals surface area contributed by atoms with Gasteiger partial charge in [0.1, 0.15) is 12.2 Å². The van der Waals surface area contributed by atoms with Crippen molar-refractivity contribution in [3.63, 3.8) is 0 Å². The normalized spacial score (nSPS) is 19.6. The van der Waals surface area contributed by atoms with Gasteiger partial charge in [-0.2, -0.15) is 0 Å². The summed E-state index contributed by atoms with van der Waals surface area (Å²) in [7, 11) is 0. The Hall–Kier alpha value is -2.62. The van der Waals surface area contributed by atoms with Crippen molar-refractivity contribution < 1.29 is 19.1 Å². The number of ether oxygens (including phenoxy) is 2. The van der Waals surface area contributed by atoms with Crippen LogP contribution in [0.5, 0.6) is 0 Å². The van der Waals surface area contributed by atoms with Crippen LogP contribution in [-0.4, -0.2) is 24.1 Å². The fourth-order valence-electron chi connectivity index (χ4n) is 7.38. The Kier molecular flexibility index (Phi) is 18.8. The van der Waals surface area contributed by atoms with E-state index in [4.69, 9.17) is 9.47 Å². The fourth-order valence-corrected chi connectivity index (χ4v) is 7.38. The van der Waals surface area contributed by atoms with Crippen LogP contribution < -0.4 is 0 Å². The highest BCUT2D eigenvalue weighted by Gasteiger charge is 2.29. The monoisotopic (exact) mass is 665 g/mol. The molecular weight excluding hydrogens is 592 g/mol. The van der Waals surface area contributed by atoms with Gasteiger partial charge < -0.3 is 9.47 Å². The van der Waals surface area contributed by atoms with Gasteiger partial charge in [-0.3, -0.25) is 9.59 Å². The molecule has 0 aliphatic heterocycles. The molecule has 0 saturated carbocycles. The van der Waals surface area contributed by atoms with E-state index in [-0.39, 0.29) is 11.9 Å². The highest BCUT2D eigenvalue weighted by molar-refractivity contribution is 5.66. The van der Waals surface area contributed by atoms with E-state index in [1.54, 1.807) is 28.4 Å². The Morgan fingerprint density at radius 2 is 1.19 bits per heavy atom. The Labute approximate surface area is 296 Å². The maximum absolute atomic E-state index is 11.2. The van der Waals surface area contributed by atoms with Gasteiger partial charge in [-0.1, -0.05) is 85.4 Å². The van der Waals surface area contributed by atoms with Crippen LogP contribution in [0, 0.1) is 10.8 Å². The summed E-state index contributed by atoms with van der Waals surface area (Å²) in [5, 5.41) is 0. The molecule has 0 heterocycles. The van der Waals surface area contributed by atoms with Crippen molar-refractivity contribution in [1.82, 2.24) is 0 Å². The molecule has 0 amide bonds. The third-order valence-electron chi connectivity index (χ3n) is 10.6. The minimum Gasteiger partial charge on any atom is -0.462 e. The molecule has 1 unspecified atom stereocenters. The summed E-state index contributed by atoms with van der Waals surface area (Å²) in [4.78, 5) is 21.9. The molecule has 0 aromatic rings. The van der Waals surface area contributed by atoms with Crippen LogP contribution in [-0.2, 0) is 19.1 Å². The third-order valence-corrected chi connectivity index (χ3v) is 10.6. The van der Waals surface area contributed by atoms with Gasteiger partial charge in [-0.25, -0.2) is 0 Å². The second-order valence-corrected chi connectivity index (χ2v) is 16.1. The summed E-state index contributed by atoms with van der Waals surface area (Å²) >= 11 is 0. The summed E-state index contributed by atoms with van der Waals surface area (Å²) < 4.78 is 10.3. The number of allylic oxidation sites excluding steroid dienone is 9. The van der Waals surface area contributed by atoms with Crippen LogP contribution in [0.25, 0.3) is 0 Å². The van der Waals surface area contributed by atoms with Gasteiger partial charge in [-0.05, 0) is 154 Å². The quantitative estimate of drug-likeness (QED) is 0.122. The van der Waals surface area contributed by atoms with Crippen molar-refractivity contribution in [2.75, 3.05) is 6.61 Å². The lowest BCUT2D eigenvalue weighted by molar-refractivity contribution is -0.151. The topological polar surface area (TPSA) is 52.6 Å². The van der Waals surface area contributed by atoms with Crippen molar-refractivity contribution in [3.05, 3.63) is 69.9 Å². The smallest absolute Gasteiger partial charge is 0.303 e. The maximum atomic E-state index is 11.2. The van der Waals surface area contributed by atoms with Gasteiger partial charge in [0.05, 0.1) is 0 Å². The van der Waals surface area contributed by atoms with Crippen molar-refractivity contribution in [2.45, 2.75) is 179 Å². The first-order chi connectivity index (χ1) is 22.3. The molecule has 2 rings (SSSR count). The predicted molar refractivity (Wildman–Crippen MR) is 206 cm³/mol. The lowest BCUT2D eigenvalue weighted by Gasteiger charge is -2.35. The van der Waals surface area contributed by atoms with Crippen molar-refractivity contribution in [2.24, 2.45) is 10.8 Å². The molecule has 48 heavy (non-hydrogen) atoms. The Morgan fingerprint density at radius 1 is 0.729 bits per heavy atom. The molecule has 0 spiro atoms. The number of hydrogen-bond acceptors (Lipinski definition) is 4. The molecular formula is C44H72O4. The molecule has 2 aliphatic rings. The van der Waals surface area contributed by atoms with Gasteiger partial charge in [0, 0.05) is 13.8 Å². The summed E-state index contributed by atoms with van der Waals surface area (Å²) in [5.41, 5.74) is 11.0. The SMILES string of the molecule is C=CC(C)(CC/C=C(\C)CCC1=C(C)CCCC1(C)C)OC(C)=O.CC(=O)OC/C=C(\C)CC/C=C(\C)CCC1=C(C)CCCC1(C)C. The number of hydrogen-bond donors (Lipinski definition) is 0. The van der Waals surface area contributed by atoms with Crippen LogP contribution >= 0.6 is 0 Å². The van der Waals surface area contributed by atoms with Crippen molar-refractivity contribution in [3.8, 4) is 0 Å². The number of carbonyl (C=O) groups excluding carboxylic acids is 2. The van der Waals surface area contributed by atoms with Crippen molar-refractivity contribution >= 4 is 11.9 Å². The molecule has 0 aromatic heterocycles. The molecule has 0 aromatic carbocycles. The number of esters is 2. The van der Waals surface area contributed by atoms with Gasteiger partial charge in [0.25, 0.3) is 0 Å². The van der Waals surface area contributed by atoms with Gasteiger partial charge in [0.2, 0.25) is 0 Å². The molecule has 4 heteroatoms. The summed E-state index contributed by atoms with van der Waals surface area (Å²) in [6.07, 6.45) is 24.7. The van der Waals surface area contributed by atoms with Crippen LogP contribution in [0.15, 0.2) is 69.9 Å². The molecule has 0 radical (unpaired) electrons. The zero-order valence-electron chi connectivity index (χ0n) is 33.3. The first-order valence-corrected chi connectivity index (χ1v) is 18.6. The Bertz CT molecular complexity index is 1230. The van der Waals surface area contributed by atoms with Crippen LogP contribution in [0.2, 0.25) is 0 Å². The van der Waals surface area contributed by atoms with E-state index in [0.717, 1.165) is 32.1 Å². The first-order valence-electron chi connectivity index (χ1n) is 18.6. The predicted octanol–water partition coefficient (Wildman–Crippen LogP) is 13.1. The summed E-state index contributed by atoms with van der Waals surface area (Å²) in [5.74, 6) is -0.468. The molecule has 0 bridgehead atoms. The third kappa shape index (κ3) is 16.7. The Balaban J connectivity index is 0.000000480. The summed E-state index contributed by atoms with van der Waals surface area (Å²) in [6.45, 7) is 29.8. The standard InChI is InChI=1S/2C22H36O2/c1-17(9-7-10-18(2)14-16-24-20(4)23)12-13-21-19(3)11-8-15-22(21,5)6;1-8-22(7,24-19(4)23)16-9-11-17(2)13-14-20-18(3)12-10-15-21(20,5)6/h9,14H,7-8,10-13,15-16H2,1-6H3;8,11H,1,9-10,12-16H2,2-7H3/b17-9+,18-14+;17-11+. The highest BCUT2D eigenvalue weighted by Crippen LogP contribution is 2.43. The van der Waals surface area contributed by atoms with E-state index in [1.807, 2.05) is 13.0 Å². The zero-order valence-corrected chi connectivity index (χ0v) is 33.3. The van der Waals surface area contributed by atoms with Gasteiger partial charge >= 0.3 is 11.9 Å². The van der Waals surface area contributed by atoms with Gasteiger partial charge in [0.15, 0.2) is 0 Å². The lowest BCUT2D eigenvalue weighted by Crippen LogP contribution is -2.27. The van der Waals surface area contributed by atoms with E-state index < -0.39 is 5.60 Å². The zero-order chi connectivity index (χ0) is 36.5. The lowest BCUT2D eigenvalue weighted by atomic mass is 9.71. The van der Waals surface area contributed by atoms with E-state index in [2.05, 4.69) is 81.0 Å². The largest absolute Gasteiger partial charge is 0.462 e. The minimum atomic E-state index is -0.562. The molecule has 2 aliphatic carbocycles. The molecule has 272 valence electrons. The molecule has 0 saturated heterocycles. The highest BCUT2D eigenvalue weighted by atomic mass is 16.6. The average Bonchev–Trinajstić information content (AvgIpc) is 2.95. The van der Waals surface area contributed by atoms with Crippen LogP contribution in [0.4, 0.5) is 0 Å². The second kappa shape index (κ2) is 20.8. The minimum absolute atomic E-state index is 0.218. The van der Waals surface area contributed by atoms with Crippen LogP contribution in [0.1, 0.15) is 173 Å². The molecule has 0 fully saturated rings. The van der Waals surface area contributed by atoms with Crippen molar-refractivity contribution in [1.29, 1.82) is 0 Å². The summed E-state index contributed by atoms with van der Waals surface area (Å²) in [6, 6.07) is 0. The van der Waals surface area contributed by atoms with E-state index >= 15 is 0 Å². The maximum Gasteiger partial charge on any atom is 0.303 e.